The van der Waals surface area contributed by atoms with Crippen LogP contribution in [0.25, 0.3) is 0 Å². The van der Waals surface area contributed by atoms with Gasteiger partial charge in [-0.25, -0.2) is 0 Å². The molecule has 3 atom stereocenters. The number of rotatable bonds is 2. The molecule has 1 aliphatic heterocycles. The zero-order valence-corrected chi connectivity index (χ0v) is 9.03. The topological polar surface area (TPSA) is 63.6 Å². The smallest absolute Gasteiger partial charge is 0.310 e. The molecule has 2 fully saturated rings. The second-order valence-corrected chi connectivity index (χ2v) is 4.93. The lowest BCUT2D eigenvalue weighted by Gasteiger charge is -2.35. The van der Waals surface area contributed by atoms with Gasteiger partial charge >= 0.3 is 11.9 Å². The van der Waals surface area contributed by atoms with E-state index in [9.17, 15) is 9.59 Å². The predicted octanol–water partition coefficient (Wildman–Crippen LogP) is 1.44. The van der Waals surface area contributed by atoms with E-state index in [0.29, 0.717) is 19.3 Å². The molecule has 15 heavy (non-hydrogen) atoms. The molecular weight excluding hydrogens is 196 g/mol. The highest BCUT2D eigenvalue weighted by Crippen LogP contribution is 2.49. The van der Waals surface area contributed by atoms with Crippen LogP contribution in [0.3, 0.4) is 0 Å². The molecule has 2 bridgehead atoms. The average molecular weight is 212 g/mol. The van der Waals surface area contributed by atoms with Crippen LogP contribution in [0.15, 0.2) is 0 Å². The van der Waals surface area contributed by atoms with Gasteiger partial charge in [-0.1, -0.05) is 13.8 Å². The van der Waals surface area contributed by atoms with Gasteiger partial charge in [-0.05, 0) is 18.8 Å². The Labute approximate surface area is 88.6 Å². The van der Waals surface area contributed by atoms with Crippen molar-refractivity contribution in [3.05, 3.63) is 0 Å². The first kappa shape index (κ1) is 10.5. The summed E-state index contributed by atoms with van der Waals surface area (Å²) in [6.07, 6.45) is 1.83. The summed E-state index contributed by atoms with van der Waals surface area (Å²) in [5.41, 5.74) is -0.381. The van der Waals surface area contributed by atoms with Gasteiger partial charge in [-0.3, -0.25) is 9.59 Å². The maximum Gasteiger partial charge on any atom is 0.310 e. The summed E-state index contributed by atoms with van der Waals surface area (Å²) in [6, 6.07) is 0. The first-order valence-electron chi connectivity index (χ1n) is 5.42. The zero-order chi connectivity index (χ0) is 11.2. The number of carboxylic acid groups (broad SMARTS) is 1. The van der Waals surface area contributed by atoms with E-state index in [1.807, 2.05) is 13.8 Å². The minimum atomic E-state index is -0.865. The van der Waals surface area contributed by atoms with Crippen LogP contribution >= 0.6 is 0 Å². The van der Waals surface area contributed by atoms with Crippen LogP contribution in [-0.2, 0) is 14.3 Å². The normalized spacial score (nSPS) is 39.3. The standard InChI is InChI=1S/C11H16O4/c1-6(2)11-4-3-7(9(12)13)8(5-11)10(14)15-11/h6-8H,3-5H2,1-2H3,(H,12,13)/t7?,8?,11-/m1/s1. The van der Waals surface area contributed by atoms with E-state index in [-0.39, 0.29) is 17.5 Å². The van der Waals surface area contributed by atoms with Gasteiger partial charge in [0, 0.05) is 6.42 Å². The second kappa shape index (κ2) is 3.22. The lowest BCUT2D eigenvalue weighted by Crippen LogP contribution is -2.39. The van der Waals surface area contributed by atoms with Crippen LogP contribution in [0, 0.1) is 17.8 Å². The molecule has 1 aliphatic carbocycles. The highest BCUT2D eigenvalue weighted by atomic mass is 16.6. The van der Waals surface area contributed by atoms with Crippen molar-refractivity contribution in [1.82, 2.24) is 0 Å². The molecule has 0 radical (unpaired) electrons. The molecule has 2 aliphatic rings. The number of hydrogen-bond acceptors (Lipinski definition) is 3. The molecule has 1 saturated heterocycles. The minimum absolute atomic E-state index is 0.265. The first-order chi connectivity index (χ1) is 6.96. The second-order valence-electron chi connectivity index (χ2n) is 4.93. The van der Waals surface area contributed by atoms with Crippen molar-refractivity contribution in [2.24, 2.45) is 17.8 Å². The Bertz CT molecular complexity index is 310. The summed E-state index contributed by atoms with van der Waals surface area (Å²) in [6.45, 7) is 4.05. The summed E-state index contributed by atoms with van der Waals surface area (Å²) in [7, 11) is 0. The monoisotopic (exact) mass is 212 g/mol. The Morgan fingerprint density at radius 3 is 2.80 bits per heavy atom. The van der Waals surface area contributed by atoms with Gasteiger partial charge in [0.1, 0.15) is 5.60 Å². The van der Waals surface area contributed by atoms with Gasteiger partial charge in [0.2, 0.25) is 0 Å². The fourth-order valence-electron chi connectivity index (χ4n) is 2.77. The lowest BCUT2D eigenvalue weighted by atomic mass is 9.70. The van der Waals surface area contributed by atoms with Crippen molar-refractivity contribution in [2.75, 3.05) is 0 Å². The Balaban J connectivity index is 2.24. The number of aliphatic carboxylic acids is 1. The highest BCUT2D eigenvalue weighted by Gasteiger charge is 2.56. The Kier molecular flexibility index (Phi) is 2.24. The van der Waals surface area contributed by atoms with Crippen LogP contribution in [0.5, 0.6) is 0 Å². The van der Waals surface area contributed by atoms with E-state index >= 15 is 0 Å². The third-order valence-electron chi connectivity index (χ3n) is 3.91. The number of carbonyl (C=O) groups excluding carboxylic acids is 1. The summed E-state index contributed by atoms with van der Waals surface area (Å²) in [4.78, 5) is 22.5. The minimum Gasteiger partial charge on any atom is -0.481 e. The summed E-state index contributed by atoms with van der Waals surface area (Å²) < 4.78 is 5.41. The van der Waals surface area contributed by atoms with Crippen molar-refractivity contribution < 1.29 is 19.4 Å². The number of hydrogen-bond donors (Lipinski definition) is 1. The van der Waals surface area contributed by atoms with Crippen LogP contribution in [0.1, 0.15) is 33.1 Å². The number of fused-ring (bicyclic) bond motifs is 2. The van der Waals surface area contributed by atoms with Crippen LogP contribution < -0.4 is 0 Å². The quantitative estimate of drug-likeness (QED) is 0.703. The molecular formula is C11H16O4. The average Bonchev–Trinajstić information content (AvgIpc) is 2.40. The SMILES string of the molecule is CC(C)[C@@]12CCC(C(=O)O)C(C1)C(=O)O2. The fraction of sp³-hybridized carbons (Fsp3) is 0.818. The van der Waals surface area contributed by atoms with Crippen LogP contribution in [0.2, 0.25) is 0 Å². The van der Waals surface area contributed by atoms with Crippen molar-refractivity contribution in [1.29, 1.82) is 0 Å². The van der Waals surface area contributed by atoms with Gasteiger partial charge < -0.3 is 9.84 Å². The summed E-state index contributed by atoms with van der Waals surface area (Å²) >= 11 is 0. The van der Waals surface area contributed by atoms with Crippen LogP contribution in [0.4, 0.5) is 0 Å². The Hall–Kier alpha value is -1.06. The van der Waals surface area contributed by atoms with Crippen molar-refractivity contribution in [3.8, 4) is 0 Å². The number of esters is 1. The fourth-order valence-corrected chi connectivity index (χ4v) is 2.77. The summed E-state index contributed by atoms with van der Waals surface area (Å²) in [5, 5.41) is 8.99. The lowest BCUT2D eigenvalue weighted by molar-refractivity contribution is -0.154. The summed E-state index contributed by atoms with van der Waals surface area (Å²) in [5.74, 6) is -1.86. The molecule has 1 N–H and O–H groups in total. The number of carboxylic acids is 1. The van der Waals surface area contributed by atoms with Gasteiger partial charge in [-0.2, -0.15) is 0 Å². The van der Waals surface area contributed by atoms with Crippen molar-refractivity contribution in [3.63, 3.8) is 0 Å². The Morgan fingerprint density at radius 1 is 1.60 bits per heavy atom. The molecule has 0 aromatic carbocycles. The van der Waals surface area contributed by atoms with Crippen molar-refractivity contribution in [2.45, 2.75) is 38.7 Å². The molecule has 4 nitrogen and oxygen atoms in total. The van der Waals surface area contributed by atoms with E-state index < -0.39 is 17.8 Å². The molecule has 1 saturated carbocycles. The molecule has 0 aromatic heterocycles. The van der Waals surface area contributed by atoms with Gasteiger partial charge in [0.05, 0.1) is 11.8 Å². The Morgan fingerprint density at radius 2 is 2.27 bits per heavy atom. The molecule has 2 unspecified atom stereocenters. The third-order valence-corrected chi connectivity index (χ3v) is 3.91. The number of ether oxygens (including phenoxy) is 1. The third kappa shape index (κ3) is 1.43. The van der Waals surface area contributed by atoms with E-state index in [0.717, 1.165) is 0 Å². The van der Waals surface area contributed by atoms with E-state index in [1.54, 1.807) is 0 Å². The molecule has 84 valence electrons. The van der Waals surface area contributed by atoms with E-state index in [1.165, 1.54) is 0 Å². The largest absolute Gasteiger partial charge is 0.481 e. The van der Waals surface area contributed by atoms with Crippen LogP contribution in [-0.4, -0.2) is 22.6 Å². The predicted molar refractivity (Wildman–Crippen MR) is 52.1 cm³/mol. The number of carbonyl (C=O) groups is 2. The molecule has 0 spiro atoms. The van der Waals surface area contributed by atoms with Gasteiger partial charge in [0.25, 0.3) is 0 Å². The van der Waals surface area contributed by atoms with Crippen molar-refractivity contribution >= 4 is 11.9 Å². The van der Waals surface area contributed by atoms with E-state index in [2.05, 4.69) is 0 Å². The maximum absolute atomic E-state index is 11.6. The molecule has 2 rings (SSSR count). The molecule has 0 amide bonds. The molecule has 0 aromatic rings. The molecule has 1 heterocycles. The highest BCUT2D eigenvalue weighted by molar-refractivity contribution is 5.83. The zero-order valence-electron chi connectivity index (χ0n) is 9.03. The maximum atomic E-state index is 11.6. The van der Waals surface area contributed by atoms with Gasteiger partial charge in [0.15, 0.2) is 0 Å². The van der Waals surface area contributed by atoms with E-state index in [4.69, 9.17) is 9.84 Å². The first-order valence-corrected chi connectivity index (χ1v) is 5.42. The molecule has 4 heteroatoms. The van der Waals surface area contributed by atoms with Gasteiger partial charge in [-0.15, -0.1) is 0 Å².